The largest absolute Gasteiger partial charge is 0.326 e. The molecule has 7 heteroatoms. The predicted octanol–water partition coefficient (Wildman–Crippen LogP) is 4.47. The second-order valence-corrected chi connectivity index (χ2v) is 7.08. The van der Waals surface area contributed by atoms with Crippen LogP contribution in [-0.4, -0.2) is 18.0 Å². The smallest absolute Gasteiger partial charge is 0.240 e. The molecule has 25 heavy (non-hydrogen) atoms. The maximum atomic E-state index is 11.8. The van der Waals surface area contributed by atoms with E-state index < -0.39 is 0 Å². The molecular formula is C18H17Br2N3O2. The number of nitrogens with zero attached hydrogens (tertiary/aromatic N) is 1. The van der Waals surface area contributed by atoms with E-state index in [-0.39, 0.29) is 24.7 Å². The van der Waals surface area contributed by atoms with Crippen molar-refractivity contribution in [3.05, 3.63) is 63.0 Å². The van der Waals surface area contributed by atoms with Crippen LogP contribution in [0, 0.1) is 0 Å². The van der Waals surface area contributed by atoms with Crippen molar-refractivity contribution >= 4 is 55.6 Å². The molecule has 130 valence electrons. The summed E-state index contributed by atoms with van der Waals surface area (Å²) in [5, 5.41) is 6.69. The number of nitrogens with one attached hydrogen (secondary N) is 2. The van der Waals surface area contributed by atoms with Crippen molar-refractivity contribution in [3.63, 3.8) is 0 Å². The minimum atomic E-state index is -0.218. The topological polar surface area (TPSA) is 70.6 Å². The van der Waals surface area contributed by atoms with Gasteiger partial charge in [0.1, 0.15) is 0 Å². The van der Waals surface area contributed by atoms with Crippen LogP contribution in [0.3, 0.4) is 0 Å². The number of anilines is 1. The number of halogens is 2. The fourth-order valence-electron chi connectivity index (χ4n) is 1.95. The number of carbonyl (C=O) groups is 2. The zero-order valence-corrected chi connectivity index (χ0v) is 16.5. The molecule has 2 aromatic rings. The van der Waals surface area contributed by atoms with Crippen LogP contribution in [0.15, 0.2) is 62.6 Å². The van der Waals surface area contributed by atoms with E-state index in [1.165, 1.54) is 0 Å². The highest BCUT2D eigenvalue weighted by atomic mass is 79.9. The summed E-state index contributed by atoms with van der Waals surface area (Å²) in [5.41, 5.74) is 4.08. The van der Waals surface area contributed by atoms with Gasteiger partial charge in [-0.15, -0.1) is 0 Å². The zero-order chi connectivity index (χ0) is 18.1. The minimum absolute atomic E-state index is 0.117. The van der Waals surface area contributed by atoms with Crippen molar-refractivity contribution < 1.29 is 9.59 Å². The van der Waals surface area contributed by atoms with E-state index in [0.29, 0.717) is 6.42 Å². The van der Waals surface area contributed by atoms with Crippen LogP contribution in [-0.2, 0) is 9.59 Å². The molecule has 2 N–H and O–H groups in total. The van der Waals surface area contributed by atoms with Gasteiger partial charge in [0.25, 0.3) is 0 Å². The van der Waals surface area contributed by atoms with Gasteiger partial charge in [-0.1, -0.05) is 44.0 Å². The molecule has 0 aliphatic heterocycles. The molecule has 0 fully saturated rings. The van der Waals surface area contributed by atoms with E-state index >= 15 is 0 Å². The summed E-state index contributed by atoms with van der Waals surface area (Å²) >= 11 is 6.69. The first kappa shape index (κ1) is 19.3. The molecule has 2 aromatic carbocycles. The second kappa shape index (κ2) is 10.1. The summed E-state index contributed by atoms with van der Waals surface area (Å²) in [5.74, 6) is -0.335. The first-order valence-electron chi connectivity index (χ1n) is 7.66. The molecule has 0 aromatic heterocycles. The number of rotatable bonds is 7. The van der Waals surface area contributed by atoms with E-state index in [1.54, 1.807) is 6.21 Å². The lowest BCUT2D eigenvalue weighted by molar-refractivity contribution is -0.121. The molecule has 0 radical (unpaired) electrons. The van der Waals surface area contributed by atoms with E-state index in [1.807, 2.05) is 48.5 Å². The number of carbonyl (C=O) groups excluding carboxylic acids is 2. The third kappa shape index (κ3) is 7.62. The average Bonchev–Trinajstić information content (AvgIpc) is 2.59. The monoisotopic (exact) mass is 465 g/mol. The Hall–Kier alpha value is -1.99. The normalized spacial score (nSPS) is 10.6. The SMILES string of the molecule is O=C(CCCC(=O)Nc1ccc(Br)cc1)NN=Cc1ccc(Br)cc1. The first-order chi connectivity index (χ1) is 12.0. The number of hydrazone groups is 1. The van der Waals surface area contributed by atoms with E-state index in [9.17, 15) is 9.59 Å². The molecule has 0 atom stereocenters. The number of hydrogen-bond donors (Lipinski definition) is 2. The molecule has 0 unspecified atom stereocenters. The Labute approximate surface area is 163 Å². The number of hydrogen-bond acceptors (Lipinski definition) is 3. The van der Waals surface area contributed by atoms with Gasteiger partial charge in [0.2, 0.25) is 11.8 Å². The highest BCUT2D eigenvalue weighted by Gasteiger charge is 2.05. The Morgan fingerprint density at radius 1 is 0.880 bits per heavy atom. The Bertz CT molecular complexity index is 744. The Morgan fingerprint density at radius 3 is 2.08 bits per heavy atom. The van der Waals surface area contributed by atoms with Gasteiger partial charge in [-0.25, -0.2) is 5.43 Å². The van der Waals surface area contributed by atoms with Gasteiger partial charge in [0.05, 0.1) is 6.21 Å². The van der Waals surface area contributed by atoms with Crippen molar-refractivity contribution in [2.24, 2.45) is 5.10 Å². The molecule has 0 spiro atoms. The standard InChI is InChI=1S/C18H17Br2N3O2/c19-14-6-4-13(5-7-14)12-21-23-18(25)3-1-2-17(24)22-16-10-8-15(20)9-11-16/h4-12H,1-3H2,(H,22,24)(H,23,25). The van der Waals surface area contributed by atoms with E-state index in [4.69, 9.17) is 0 Å². The van der Waals surface area contributed by atoms with Gasteiger partial charge in [-0.2, -0.15) is 5.10 Å². The summed E-state index contributed by atoms with van der Waals surface area (Å²) in [6.07, 6.45) is 2.55. The first-order valence-corrected chi connectivity index (χ1v) is 9.24. The summed E-state index contributed by atoms with van der Waals surface area (Å²) in [6, 6.07) is 14.9. The summed E-state index contributed by atoms with van der Waals surface area (Å²) in [4.78, 5) is 23.5. The predicted molar refractivity (Wildman–Crippen MR) is 107 cm³/mol. The van der Waals surface area contributed by atoms with Gasteiger partial charge >= 0.3 is 0 Å². The average molecular weight is 467 g/mol. The Kier molecular flexibility index (Phi) is 7.81. The molecular weight excluding hydrogens is 450 g/mol. The fourth-order valence-corrected chi connectivity index (χ4v) is 2.48. The quantitative estimate of drug-likeness (QED) is 0.466. The minimum Gasteiger partial charge on any atom is -0.326 e. The Balaban J connectivity index is 1.65. The van der Waals surface area contributed by atoms with Crippen LogP contribution in [0.25, 0.3) is 0 Å². The number of amides is 2. The fraction of sp³-hybridized carbons (Fsp3) is 0.167. The molecule has 0 aliphatic carbocycles. The van der Waals surface area contributed by atoms with Crippen LogP contribution in [0.1, 0.15) is 24.8 Å². The molecule has 2 rings (SSSR count). The second-order valence-electron chi connectivity index (χ2n) is 5.25. The molecule has 5 nitrogen and oxygen atoms in total. The summed E-state index contributed by atoms with van der Waals surface area (Å²) in [6.45, 7) is 0. The summed E-state index contributed by atoms with van der Waals surface area (Å²) < 4.78 is 1.93. The van der Waals surface area contributed by atoms with Crippen LogP contribution >= 0.6 is 31.9 Å². The maximum Gasteiger partial charge on any atom is 0.240 e. The molecule has 0 saturated heterocycles. The Morgan fingerprint density at radius 2 is 1.44 bits per heavy atom. The lowest BCUT2D eigenvalue weighted by Crippen LogP contribution is -2.18. The van der Waals surface area contributed by atoms with Gasteiger partial charge in [-0.05, 0) is 48.4 Å². The van der Waals surface area contributed by atoms with Crippen molar-refractivity contribution in [1.82, 2.24) is 5.43 Å². The maximum absolute atomic E-state index is 11.8. The zero-order valence-electron chi connectivity index (χ0n) is 13.3. The molecule has 0 saturated carbocycles. The lowest BCUT2D eigenvalue weighted by Gasteiger charge is -2.05. The highest BCUT2D eigenvalue weighted by molar-refractivity contribution is 9.10. The van der Waals surface area contributed by atoms with Crippen LogP contribution < -0.4 is 10.7 Å². The molecule has 2 amide bonds. The third-order valence-corrected chi connectivity index (χ3v) is 4.27. The van der Waals surface area contributed by atoms with Crippen molar-refractivity contribution in [2.75, 3.05) is 5.32 Å². The molecule has 0 heterocycles. The van der Waals surface area contributed by atoms with Crippen LogP contribution in [0.5, 0.6) is 0 Å². The highest BCUT2D eigenvalue weighted by Crippen LogP contribution is 2.14. The van der Waals surface area contributed by atoms with Crippen LogP contribution in [0.4, 0.5) is 5.69 Å². The van der Waals surface area contributed by atoms with Crippen molar-refractivity contribution in [3.8, 4) is 0 Å². The summed E-state index contributed by atoms with van der Waals surface area (Å²) in [7, 11) is 0. The van der Waals surface area contributed by atoms with E-state index in [2.05, 4.69) is 47.7 Å². The van der Waals surface area contributed by atoms with Crippen molar-refractivity contribution in [2.45, 2.75) is 19.3 Å². The van der Waals surface area contributed by atoms with E-state index in [0.717, 1.165) is 20.2 Å². The molecule has 0 aliphatic rings. The molecule has 0 bridgehead atoms. The van der Waals surface area contributed by atoms with Crippen LogP contribution in [0.2, 0.25) is 0 Å². The van der Waals surface area contributed by atoms with Gasteiger partial charge in [-0.3, -0.25) is 9.59 Å². The van der Waals surface area contributed by atoms with Crippen molar-refractivity contribution in [1.29, 1.82) is 0 Å². The van der Waals surface area contributed by atoms with Gasteiger partial charge in [0.15, 0.2) is 0 Å². The third-order valence-electron chi connectivity index (χ3n) is 3.21. The number of benzene rings is 2. The lowest BCUT2D eigenvalue weighted by atomic mass is 10.2. The van der Waals surface area contributed by atoms with Gasteiger partial charge < -0.3 is 5.32 Å². The van der Waals surface area contributed by atoms with Gasteiger partial charge in [0, 0.05) is 27.5 Å².